The highest BCUT2D eigenvalue weighted by Gasteiger charge is 2.39. The molecule has 0 aromatic heterocycles. The second-order valence-corrected chi connectivity index (χ2v) is 6.01. The van der Waals surface area contributed by atoms with Crippen LogP contribution in [0, 0.1) is 0 Å². The zero-order chi connectivity index (χ0) is 16.4. The summed E-state index contributed by atoms with van der Waals surface area (Å²) in [6, 6.07) is 4.64. The lowest BCUT2D eigenvalue weighted by Gasteiger charge is -2.24. The van der Waals surface area contributed by atoms with Crippen molar-refractivity contribution in [3.05, 3.63) is 35.4 Å². The van der Waals surface area contributed by atoms with E-state index in [-0.39, 0.29) is 11.9 Å². The highest BCUT2D eigenvalue weighted by molar-refractivity contribution is 5.85. The highest BCUT2D eigenvalue weighted by Crippen LogP contribution is 2.30. The second-order valence-electron chi connectivity index (χ2n) is 6.01. The average Bonchev–Trinajstić information content (AvgIpc) is 2.86. The van der Waals surface area contributed by atoms with Crippen LogP contribution in [-0.4, -0.2) is 22.7 Å². The van der Waals surface area contributed by atoms with E-state index in [1.807, 2.05) is 0 Å². The van der Waals surface area contributed by atoms with Gasteiger partial charge in [-0.25, -0.2) is 0 Å². The standard InChI is InChI=1S/C16H20F3NO2/c1-11(20-14(21)15(22)8-2-3-9-15)10-12-4-6-13(7-5-12)16(17,18)19/h4-7,11,22H,2-3,8-10H2,1H3,(H,20,21). The summed E-state index contributed by atoms with van der Waals surface area (Å²) >= 11 is 0. The third-order valence-corrected chi connectivity index (χ3v) is 4.05. The molecule has 0 radical (unpaired) electrons. The Morgan fingerprint density at radius 1 is 1.27 bits per heavy atom. The van der Waals surface area contributed by atoms with Gasteiger partial charge in [0.15, 0.2) is 0 Å². The molecule has 0 saturated heterocycles. The maximum absolute atomic E-state index is 12.5. The number of carbonyl (C=O) groups excluding carboxylic acids is 1. The summed E-state index contributed by atoms with van der Waals surface area (Å²) in [5.41, 5.74) is -1.26. The van der Waals surface area contributed by atoms with E-state index in [9.17, 15) is 23.1 Å². The molecule has 122 valence electrons. The number of amides is 1. The Hall–Kier alpha value is -1.56. The Bertz CT molecular complexity index is 519. The van der Waals surface area contributed by atoms with Gasteiger partial charge in [0.25, 0.3) is 5.91 Å². The lowest BCUT2D eigenvalue weighted by atomic mass is 9.99. The molecule has 2 N–H and O–H groups in total. The van der Waals surface area contributed by atoms with Crippen molar-refractivity contribution >= 4 is 5.91 Å². The van der Waals surface area contributed by atoms with E-state index in [4.69, 9.17) is 0 Å². The molecule has 1 aromatic carbocycles. The van der Waals surface area contributed by atoms with Crippen LogP contribution in [0.2, 0.25) is 0 Å². The van der Waals surface area contributed by atoms with E-state index < -0.39 is 17.3 Å². The van der Waals surface area contributed by atoms with Gasteiger partial charge < -0.3 is 10.4 Å². The molecular weight excluding hydrogens is 295 g/mol. The molecule has 1 aliphatic carbocycles. The van der Waals surface area contributed by atoms with E-state index >= 15 is 0 Å². The molecule has 22 heavy (non-hydrogen) atoms. The number of benzene rings is 1. The van der Waals surface area contributed by atoms with Crippen molar-refractivity contribution in [3.63, 3.8) is 0 Å². The molecule has 1 aliphatic rings. The molecular formula is C16H20F3NO2. The van der Waals surface area contributed by atoms with Crippen LogP contribution in [0.15, 0.2) is 24.3 Å². The minimum atomic E-state index is -4.34. The first-order valence-corrected chi connectivity index (χ1v) is 7.40. The molecule has 0 spiro atoms. The number of halogens is 3. The van der Waals surface area contributed by atoms with Gasteiger partial charge >= 0.3 is 6.18 Å². The van der Waals surface area contributed by atoms with Crippen molar-refractivity contribution in [1.29, 1.82) is 0 Å². The first-order valence-electron chi connectivity index (χ1n) is 7.40. The molecule has 1 unspecified atom stereocenters. The van der Waals surface area contributed by atoms with Gasteiger partial charge in [0, 0.05) is 6.04 Å². The Morgan fingerprint density at radius 2 is 1.82 bits per heavy atom. The largest absolute Gasteiger partial charge is 0.416 e. The Balaban J connectivity index is 1.92. The molecule has 1 amide bonds. The lowest BCUT2D eigenvalue weighted by molar-refractivity contribution is -0.139. The molecule has 6 heteroatoms. The molecule has 1 atom stereocenters. The van der Waals surface area contributed by atoms with Crippen LogP contribution in [0.25, 0.3) is 0 Å². The molecule has 0 aliphatic heterocycles. The maximum atomic E-state index is 12.5. The fourth-order valence-electron chi connectivity index (χ4n) is 2.78. The Labute approximate surface area is 127 Å². The van der Waals surface area contributed by atoms with Gasteiger partial charge in [-0.05, 0) is 56.7 Å². The van der Waals surface area contributed by atoms with Crippen LogP contribution in [0.1, 0.15) is 43.7 Å². The number of rotatable bonds is 4. The number of hydrogen-bond donors (Lipinski definition) is 2. The average molecular weight is 315 g/mol. The predicted octanol–water partition coefficient (Wildman–Crippen LogP) is 3.06. The van der Waals surface area contributed by atoms with Gasteiger partial charge in [-0.15, -0.1) is 0 Å². The molecule has 0 bridgehead atoms. The van der Waals surface area contributed by atoms with Crippen LogP contribution in [0.4, 0.5) is 13.2 Å². The van der Waals surface area contributed by atoms with Crippen molar-refractivity contribution in [2.75, 3.05) is 0 Å². The van der Waals surface area contributed by atoms with E-state index in [1.54, 1.807) is 6.92 Å². The molecule has 1 fully saturated rings. The van der Waals surface area contributed by atoms with Crippen molar-refractivity contribution in [2.24, 2.45) is 0 Å². The monoisotopic (exact) mass is 315 g/mol. The van der Waals surface area contributed by atoms with E-state index in [1.165, 1.54) is 12.1 Å². The smallest absolute Gasteiger partial charge is 0.380 e. The van der Waals surface area contributed by atoms with E-state index in [0.29, 0.717) is 24.8 Å². The first kappa shape index (κ1) is 16.8. The third kappa shape index (κ3) is 4.00. The number of carbonyl (C=O) groups is 1. The van der Waals surface area contributed by atoms with Crippen molar-refractivity contribution in [3.8, 4) is 0 Å². The van der Waals surface area contributed by atoms with Crippen LogP contribution in [0.3, 0.4) is 0 Å². The van der Waals surface area contributed by atoms with Gasteiger partial charge in [-0.3, -0.25) is 4.79 Å². The van der Waals surface area contributed by atoms with Gasteiger partial charge in [0.2, 0.25) is 0 Å². The summed E-state index contributed by atoms with van der Waals surface area (Å²) in [7, 11) is 0. The minimum absolute atomic E-state index is 0.256. The van der Waals surface area contributed by atoms with Gasteiger partial charge in [-0.2, -0.15) is 13.2 Å². The first-order chi connectivity index (χ1) is 10.2. The number of aliphatic hydroxyl groups is 1. The van der Waals surface area contributed by atoms with Crippen LogP contribution < -0.4 is 5.32 Å². The second kappa shape index (κ2) is 6.28. The van der Waals surface area contributed by atoms with E-state index in [2.05, 4.69) is 5.32 Å². The predicted molar refractivity (Wildman–Crippen MR) is 76.2 cm³/mol. The number of alkyl halides is 3. The molecule has 3 nitrogen and oxygen atoms in total. The van der Waals surface area contributed by atoms with Crippen molar-refractivity contribution in [1.82, 2.24) is 5.32 Å². The summed E-state index contributed by atoms with van der Waals surface area (Å²) in [5, 5.41) is 12.9. The van der Waals surface area contributed by atoms with Crippen molar-refractivity contribution < 1.29 is 23.1 Å². The summed E-state index contributed by atoms with van der Waals surface area (Å²) in [6.45, 7) is 1.77. The van der Waals surface area contributed by atoms with E-state index in [0.717, 1.165) is 25.0 Å². The SMILES string of the molecule is CC(Cc1ccc(C(F)(F)F)cc1)NC(=O)C1(O)CCCC1. The Morgan fingerprint density at radius 3 is 2.32 bits per heavy atom. The van der Waals surface area contributed by atoms with Crippen LogP contribution in [0.5, 0.6) is 0 Å². The molecule has 0 heterocycles. The summed E-state index contributed by atoms with van der Waals surface area (Å²) < 4.78 is 37.5. The quantitative estimate of drug-likeness (QED) is 0.897. The van der Waals surface area contributed by atoms with Gasteiger partial charge in [0.1, 0.15) is 5.60 Å². The number of hydrogen-bond acceptors (Lipinski definition) is 2. The van der Waals surface area contributed by atoms with Crippen LogP contribution >= 0.6 is 0 Å². The summed E-state index contributed by atoms with van der Waals surface area (Å²) in [6.07, 6.45) is -1.34. The molecule has 2 rings (SSSR count). The topological polar surface area (TPSA) is 49.3 Å². The molecule has 1 saturated carbocycles. The lowest BCUT2D eigenvalue weighted by Crippen LogP contribution is -2.48. The fraction of sp³-hybridized carbons (Fsp3) is 0.562. The molecule has 1 aromatic rings. The zero-order valence-corrected chi connectivity index (χ0v) is 12.4. The summed E-state index contributed by atoms with van der Waals surface area (Å²) in [4.78, 5) is 12.0. The van der Waals surface area contributed by atoms with Gasteiger partial charge in [-0.1, -0.05) is 12.1 Å². The van der Waals surface area contributed by atoms with Gasteiger partial charge in [0.05, 0.1) is 5.56 Å². The third-order valence-electron chi connectivity index (χ3n) is 4.05. The minimum Gasteiger partial charge on any atom is -0.380 e. The van der Waals surface area contributed by atoms with Crippen molar-refractivity contribution in [2.45, 2.75) is 56.8 Å². The van der Waals surface area contributed by atoms with Crippen LogP contribution in [-0.2, 0) is 17.4 Å². The fourth-order valence-corrected chi connectivity index (χ4v) is 2.78. The number of nitrogens with one attached hydrogen (secondary N) is 1. The summed E-state index contributed by atoms with van der Waals surface area (Å²) in [5.74, 6) is -0.385. The maximum Gasteiger partial charge on any atom is 0.416 e. The zero-order valence-electron chi connectivity index (χ0n) is 12.4. The normalized spacial score (nSPS) is 19.0. The Kier molecular flexibility index (Phi) is 4.80. The highest BCUT2D eigenvalue weighted by atomic mass is 19.4.